The summed E-state index contributed by atoms with van der Waals surface area (Å²) in [5.74, 6) is -4.30. The van der Waals surface area contributed by atoms with Crippen LogP contribution in [0.15, 0.2) is 12.1 Å². The van der Waals surface area contributed by atoms with Gasteiger partial charge < -0.3 is 4.90 Å². The van der Waals surface area contributed by atoms with E-state index in [2.05, 4.69) is 0 Å². The van der Waals surface area contributed by atoms with Crippen LogP contribution in [0.25, 0.3) is 0 Å². The van der Waals surface area contributed by atoms with Crippen molar-refractivity contribution in [1.82, 2.24) is 4.90 Å². The fraction of sp³-hybridized carbons (Fsp3) is 0.467. The Morgan fingerprint density at radius 3 is 2.38 bits per heavy atom. The number of carbonyl (C=O) groups excluding carboxylic acids is 2. The smallest absolute Gasteiger partial charge is 0.223 e. The van der Waals surface area contributed by atoms with Crippen LogP contribution in [0.1, 0.15) is 43.7 Å². The molecule has 0 unspecified atom stereocenters. The third kappa shape index (κ3) is 2.43. The van der Waals surface area contributed by atoms with Crippen molar-refractivity contribution in [3.63, 3.8) is 0 Å². The molecule has 0 radical (unpaired) electrons. The molecule has 0 N–H and O–H groups in total. The number of rotatable bonds is 1. The lowest BCUT2D eigenvalue weighted by molar-refractivity contribution is -0.145. The van der Waals surface area contributed by atoms with E-state index < -0.39 is 23.5 Å². The molecule has 1 amide bonds. The molecule has 1 aromatic rings. The van der Waals surface area contributed by atoms with E-state index in [1.165, 1.54) is 0 Å². The lowest BCUT2D eigenvalue weighted by atomic mass is 9.85. The summed E-state index contributed by atoms with van der Waals surface area (Å²) in [6.07, 6.45) is 2.10. The number of carbonyl (C=O) groups is 2. The third-order valence-electron chi connectivity index (χ3n) is 4.22. The lowest BCUT2D eigenvalue weighted by Gasteiger charge is -2.44. The van der Waals surface area contributed by atoms with E-state index in [9.17, 15) is 22.8 Å². The van der Waals surface area contributed by atoms with Gasteiger partial charge >= 0.3 is 0 Å². The van der Waals surface area contributed by atoms with E-state index in [4.69, 9.17) is 0 Å². The maximum atomic E-state index is 13.4. The van der Waals surface area contributed by atoms with Crippen molar-refractivity contribution in [2.45, 2.75) is 44.2 Å². The molecule has 3 nitrogen and oxygen atoms in total. The summed E-state index contributed by atoms with van der Waals surface area (Å²) in [5, 5.41) is 0. The van der Waals surface area contributed by atoms with Crippen LogP contribution in [-0.4, -0.2) is 22.6 Å². The summed E-state index contributed by atoms with van der Waals surface area (Å²) >= 11 is 0. The fourth-order valence-corrected chi connectivity index (χ4v) is 3.30. The third-order valence-corrected chi connectivity index (χ3v) is 4.22. The molecule has 0 bridgehead atoms. The van der Waals surface area contributed by atoms with E-state index in [0.29, 0.717) is 19.3 Å². The maximum Gasteiger partial charge on any atom is 0.223 e. The van der Waals surface area contributed by atoms with Gasteiger partial charge in [-0.05, 0) is 30.5 Å². The predicted molar refractivity (Wildman–Crippen MR) is 67.8 cm³/mol. The quantitative estimate of drug-likeness (QED) is 0.747. The highest BCUT2D eigenvalue weighted by Crippen LogP contribution is 2.38. The molecule has 0 aliphatic carbocycles. The second kappa shape index (κ2) is 5.16. The zero-order chi connectivity index (χ0) is 15.1. The van der Waals surface area contributed by atoms with Crippen LogP contribution in [0.3, 0.4) is 0 Å². The number of amides is 1. The molecule has 2 fully saturated rings. The molecule has 1 aromatic carbocycles. The van der Waals surface area contributed by atoms with Gasteiger partial charge in [0.25, 0.3) is 0 Å². The Morgan fingerprint density at radius 1 is 1.05 bits per heavy atom. The molecule has 0 saturated carbocycles. The van der Waals surface area contributed by atoms with Crippen LogP contribution < -0.4 is 0 Å². The van der Waals surface area contributed by atoms with Gasteiger partial charge in [0.1, 0.15) is 5.78 Å². The molecule has 112 valence electrons. The van der Waals surface area contributed by atoms with Crippen LogP contribution in [0, 0.1) is 17.5 Å². The van der Waals surface area contributed by atoms with E-state index in [-0.39, 0.29) is 36.1 Å². The molecule has 2 heterocycles. The van der Waals surface area contributed by atoms with Gasteiger partial charge in [0.05, 0.1) is 6.04 Å². The predicted octanol–water partition coefficient (Wildman–Crippen LogP) is 2.89. The van der Waals surface area contributed by atoms with Crippen LogP contribution in [0.5, 0.6) is 0 Å². The highest BCUT2D eigenvalue weighted by atomic mass is 19.2. The number of piperidine rings is 2. The zero-order valence-electron chi connectivity index (χ0n) is 11.2. The van der Waals surface area contributed by atoms with Gasteiger partial charge in [-0.25, -0.2) is 13.2 Å². The molecule has 0 aromatic heterocycles. The number of fused-ring (bicyclic) bond motifs is 1. The van der Waals surface area contributed by atoms with Crippen molar-refractivity contribution in [1.29, 1.82) is 0 Å². The van der Waals surface area contributed by atoms with Gasteiger partial charge in [-0.15, -0.1) is 0 Å². The molecular weight excluding hydrogens is 283 g/mol. The highest BCUT2D eigenvalue weighted by molar-refractivity contribution is 5.85. The molecule has 2 saturated heterocycles. The normalized spacial score (nSPS) is 26.0. The average molecular weight is 297 g/mol. The molecule has 0 spiro atoms. The minimum absolute atomic E-state index is 0.0206. The second-order valence-electron chi connectivity index (χ2n) is 5.61. The van der Waals surface area contributed by atoms with E-state index in [0.717, 1.165) is 12.1 Å². The van der Waals surface area contributed by atoms with Gasteiger partial charge in [0.2, 0.25) is 5.91 Å². The van der Waals surface area contributed by atoms with Crippen LogP contribution in [-0.2, 0) is 9.59 Å². The Hall–Kier alpha value is -1.85. The summed E-state index contributed by atoms with van der Waals surface area (Å²) in [4.78, 5) is 25.5. The number of ketones is 1. The molecule has 6 heteroatoms. The zero-order valence-corrected chi connectivity index (χ0v) is 11.2. The van der Waals surface area contributed by atoms with E-state index >= 15 is 0 Å². The number of halogens is 3. The first kappa shape index (κ1) is 14.1. The fourth-order valence-electron chi connectivity index (χ4n) is 3.30. The van der Waals surface area contributed by atoms with Crippen molar-refractivity contribution in [2.24, 2.45) is 0 Å². The van der Waals surface area contributed by atoms with Crippen molar-refractivity contribution in [2.75, 3.05) is 0 Å². The van der Waals surface area contributed by atoms with Gasteiger partial charge in [-0.3, -0.25) is 9.59 Å². The topological polar surface area (TPSA) is 37.4 Å². The molecule has 21 heavy (non-hydrogen) atoms. The number of Topliss-reactive ketones (excluding diaryl/α,β-unsaturated/α-hetero) is 1. The molecule has 3 rings (SSSR count). The first-order chi connectivity index (χ1) is 9.97. The van der Waals surface area contributed by atoms with Crippen molar-refractivity contribution in [3.05, 3.63) is 35.1 Å². The van der Waals surface area contributed by atoms with Crippen LogP contribution in [0.2, 0.25) is 0 Å². The lowest BCUT2D eigenvalue weighted by Crippen LogP contribution is -2.50. The Morgan fingerprint density at radius 2 is 1.71 bits per heavy atom. The van der Waals surface area contributed by atoms with Crippen molar-refractivity contribution in [3.8, 4) is 0 Å². The first-order valence-electron chi connectivity index (χ1n) is 6.94. The molecule has 2 aliphatic rings. The van der Waals surface area contributed by atoms with Gasteiger partial charge in [-0.1, -0.05) is 0 Å². The Bertz CT molecular complexity index is 594. The van der Waals surface area contributed by atoms with Gasteiger partial charge in [-0.2, -0.15) is 0 Å². The minimum atomic E-state index is -1.54. The highest BCUT2D eigenvalue weighted by Gasteiger charge is 2.40. The summed E-state index contributed by atoms with van der Waals surface area (Å²) in [5.41, 5.74) is 0.139. The number of hydrogen-bond acceptors (Lipinski definition) is 2. The van der Waals surface area contributed by atoms with E-state index in [1.807, 2.05) is 0 Å². The van der Waals surface area contributed by atoms with Crippen LogP contribution >= 0.6 is 0 Å². The SMILES string of the molecule is O=C1C[C@H]2CCCC(=O)N2[C@H](c2cc(F)c(F)c(F)c2)C1. The Kier molecular flexibility index (Phi) is 3.47. The number of hydrogen-bond donors (Lipinski definition) is 0. The van der Waals surface area contributed by atoms with Crippen molar-refractivity contribution >= 4 is 11.7 Å². The first-order valence-corrected chi connectivity index (χ1v) is 6.94. The summed E-state index contributed by atoms with van der Waals surface area (Å²) in [7, 11) is 0. The average Bonchev–Trinajstić information content (AvgIpc) is 2.43. The van der Waals surface area contributed by atoms with Gasteiger partial charge in [0, 0.05) is 25.3 Å². The van der Waals surface area contributed by atoms with Crippen LogP contribution in [0.4, 0.5) is 13.2 Å². The minimum Gasteiger partial charge on any atom is -0.332 e. The Labute approximate surface area is 119 Å². The maximum absolute atomic E-state index is 13.4. The Balaban J connectivity index is 2.02. The standard InChI is InChI=1S/C15H14F3NO2/c16-11-4-8(5-12(17)15(11)18)13-7-10(20)6-9-2-1-3-14(21)19(9)13/h4-5,9,13H,1-3,6-7H2/t9-,13+/m1/s1. The molecule has 2 aliphatic heterocycles. The van der Waals surface area contributed by atoms with Crippen molar-refractivity contribution < 1.29 is 22.8 Å². The number of benzene rings is 1. The van der Waals surface area contributed by atoms with Gasteiger partial charge in [0.15, 0.2) is 17.5 Å². The summed E-state index contributed by atoms with van der Waals surface area (Å²) in [6, 6.07) is 0.837. The largest absolute Gasteiger partial charge is 0.332 e. The number of nitrogens with zero attached hydrogens (tertiary/aromatic N) is 1. The van der Waals surface area contributed by atoms with E-state index in [1.54, 1.807) is 4.90 Å². The summed E-state index contributed by atoms with van der Waals surface area (Å²) < 4.78 is 39.9. The second-order valence-corrected chi connectivity index (χ2v) is 5.61. The summed E-state index contributed by atoms with van der Waals surface area (Å²) in [6.45, 7) is 0. The molecular formula is C15H14F3NO2. The molecule has 2 atom stereocenters. The monoisotopic (exact) mass is 297 g/mol.